The van der Waals surface area contributed by atoms with Gasteiger partial charge in [-0.1, -0.05) is 225 Å². The highest BCUT2D eigenvalue weighted by atomic mass is 16.5. The highest BCUT2D eigenvalue weighted by Gasteiger charge is 2.20. The van der Waals surface area contributed by atoms with Crippen LogP contribution in [0.25, 0.3) is 0 Å². The third kappa shape index (κ3) is 44.0. The maximum Gasteiger partial charge on any atom is 0.305 e. The van der Waals surface area contributed by atoms with Gasteiger partial charge in [-0.3, -0.25) is 9.59 Å². The third-order valence-electron chi connectivity index (χ3n) is 11.8. The number of unbranched alkanes of at least 4 members (excludes halogenated alkanes) is 34. The van der Waals surface area contributed by atoms with Gasteiger partial charge in [-0.05, 0) is 51.4 Å². The number of hydrogen-bond donors (Lipinski definition) is 3. The summed E-state index contributed by atoms with van der Waals surface area (Å²) in [5.74, 6) is -0.0747. The maximum absolute atomic E-state index is 12.4. The number of rotatable bonds is 47. The smallest absolute Gasteiger partial charge is 0.305 e. The zero-order valence-corrected chi connectivity index (χ0v) is 38.3. The number of amides is 1. The summed E-state index contributed by atoms with van der Waals surface area (Å²) in [6, 6.07) is -0.559. The molecule has 0 spiro atoms. The van der Waals surface area contributed by atoms with Crippen molar-refractivity contribution in [3.63, 3.8) is 0 Å². The SMILES string of the molecule is CCCCCCCCCCCCCCCCCCC(=O)OCCCCCCCC/C=C\CCCCCC(=O)NC(CO)C(O)CCCCCCCCCCCCC. The van der Waals surface area contributed by atoms with Crippen LogP contribution in [-0.2, 0) is 14.3 Å². The van der Waals surface area contributed by atoms with Gasteiger partial charge >= 0.3 is 5.97 Å². The summed E-state index contributed by atoms with van der Waals surface area (Å²) in [6.45, 7) is 4.91. The van der Waals surface area contributed by atoms with E-state index in [9.17, 15) is 19.8 Å². The van der Waals surface area contributed by atoms with Crippen molar-refractivity contribution in [3.05, 3.63) is 12.2 Å². The first kappa shape index (κ1) is 55.6. The number of nitrogens with one attached hydrogen (secondary N) is 1. The van der Waals surface area contributed by atoms with Crippen LogP contribution in [0.1, 0.15) is 277 Å². The molecule has 0 rings (SSSR count). The van der Waals surface area contributed by atoms with Crippen molar-refractivity contribution in [2.24, 2.45) is 0 Å². The van der Waals surface area contributed by atoms with Gasteiger partial charge in [-0.15, -0.1) is 0 Å². The van der Waals surface area contributed by atoms with E-state index in [4.69, 9.17) is 4.74 Å². The molecule has 3 N–H and O–H groups in total. The molecule has 0 aromatic carbocycles. The Labute approximate surface area is 355 Å². The minimum atomic E-state index is -0.678. The summed E-state index contributed by atoms with van der Waals surface area (Å²) >= 11 is 0. The lowest BCUT2D eigenvalue weighted by atomic mass is 10.0. The molecule has 0 saturated carbocycles. The number of carbonyl (C=O) groups is 2. The van der Waals surface area contributed by atoms with Crippen LogP contribution in [0.3, 0.4) is 0 Å². The average molecular weight is 806 g/mol. The Balaban J connectivity index is 3.46. The fraction of sp³-hybridized carbons (Fsp3) is 0.922. The summed E-state index contributed by atoms with van der Waals surface area (Å²) in [5.41, 5.74) is 0. The number of ether oxygens (including phenoxy) is 1. The van der Waals surface area contributed by atoms with Crippen molar-refractivity contribution in [1.29, 1.82) is 0 Å². The zero-order chi connectivity index (χ0) is 41.5. The molecular formula is C51H99NO5. The molecule has 6 heteroatoms. The maximum atomic E-state index is 12.4. The molecule has 0 aliphatic heterocycles. The fourth-order valence-electron chi connectivity index (χ4n) is 7.87. The van der Waals surface area contributed by atoms with Gasteiger partial charge in [-0.25, -0.2) is 0 Å². The second-order valence-electron chi connectivity index (χ2n) is 17.5. The largest absolute Gasteiger partial charge is 0.466 e. The van der Waals surface area contributed by atoms with Gasteiger partial charge in [-0.2, -0.15) is 0 Å². The molecule has 1 amide bonds. The Morgan fingerprint density at radius 1 is 0.474 bits per heavy atom. The highest BCUT2D eigenvalue weighted by Crippen LogP contribution is 2.16. The third-order valence-corrected chi connectivity index (χ3v) is 11.8. The van der Waals surface area contributed by atoms with Crippen LogP contribution in [0.5, 0.6) is 0 Å². The van der Waals surface area contributed by atoms with Gasteiger partial charge in [0.25, 0.3) is 0 Å². The number of allylic oxidation sites excluding steroid dienone is 2. The summed E-state index contributed by atoms with van der Waals surface area (Å²) in [5, 5.41) is 23.1. The van der Waals surface area contributed by atoms with Gasteiger partial charge in [0.05, 0.1) is 25.4 Å². The van der Waals surface area contributed by atoms with Crippen LogP contribution in [0.2, 0.25) is 0 Å². The van der Waals surface area contributed by atoms with Crippen LogP contribution in [0, 0.1) is 0 Å². The van der Waals surface area contributed by atoms with Crippen molar-refractivity contribution in [1.82, 2.24) is 5.32 Å². The van der Waals surface area contributed by atoms with Crippen molar-refractivity contribution in [2.45, 2.75) is 289 Å². The van der Waals surface area contributed by atoms with Crippen molar-refractivity contribution in [3.8, 4) is 0 Å². The second kappa shape index (κ2) is 47.3. The lowest BCUT2D eigenvalue weighted by molar-refractivity contribution is -0.143. The Hall–Kier alpha value is -1.40. The minimum Gasteiger partial charge on any atom is -0.466 e. The molecule has 0 fully saturated rings. The average Bonchev–Trinajstić information content (AvgIpc) is 3.21. The molecule has 0 heterocycles. The van der Waals surface area contributed by atoms with E-state index in [0.717, 1.165) is 70.6 Å². The topological polar surface area (TPSA) is 95.9 Å². The second-order valence-corrected chi connectivity index (χ2v) is 17.5. The van der Waals surface area contributed by atoms with E-state index >= 15 is 0 Å². The molecule has 57 heavy (non-hydrogen) atoms. The van der Waals surface area contributed by atoms with E-state index < -0.39 is 12.1 Å². The Kier molecular flexibility index (Phi) is 46.1. The van der Waals surface area contributed by atoms with Gasteiger partial charge in [0.15, 0.2) is 0 Å². The molecule has 0 aliphatic rings. The van der Waals surface area contributed by atoms with E-state index in [1.807, 2.05) is 0 Å². The zero-order valence-electron chi connectivity index (χ0n) is 38.3. The highest BCUT2D eigenvalue weighted by molar-refractivity contribution is 5.76. The normalized spacial score (nSPS) is 12.7. The van der Waals surface area contributed by atoms with Crippen LogP contribution in [0.4, 0.5) is 0 Å². The molecule has 0 radical (unpaired) electrons. The monoisotopic (exact) mass is 806 g/mol. The Bertz CT molecular complexity index is 847. The minimum absolute atomic E-state index is 0.00928. The predicted octanol–water partition coefficient (Wildman–Crippen LogP) is 15.0. The quantitative estimate of drug-likeness (QED) is 0.0323. The van der Waals surface area contributed by atoms with E-state index in [-0.39, 0.29) is 18.5 Å². The number of aliphatic hydroxyl groups is 2. The number of carbonyl (C=O) groups excluding carboxylic acids is 2. The van der Waals surface area contributed by atoms with Gasteiger partial charge in [0.1, 0.15) is 0 Å². The van der Waals surface area contributed by atoms with Crippen LogP contribution in [-0.4, -0.2) is 47.4 Å². The van der Waals surface area contributed by atoms with E-state index in [1.165, 1.54) is 173 Å². The first-order valence-corrected chi connectivity index (χ1v) is 25.4. The first-order valence-electron chi connectivity index (χ1n) is 25.4. The molecule has 0 aromatic rings. The first-order chi connectivity index (χ1) is 28.0. The van der Waals surface area contributed by atoms with Crippen molar-refractivity contribution < 1.29 is 24.5 Å². The summed E-state index contributed by atoms with van der Waals surface area (Å²) in [4.78, 5) is 24.4. The molecule has 0 aliphatic carbocycles. The van der Waals surface area contributed by atoms with Gasteiger partial charge in [0.2, 0.25) is 5.91 Å². The lowest BCUT2D eigenvalue weighted by Crippen LogP contribution is -2.45. The molecule has 338 valence electrons. The van der Waals surface area contributed by atoms with Crippen LogP contribution in [0.15, 0.2) is 12.2 Å². The molecule has 0 aromatic heterocycles. The summed E-state index contributed by atoms with van der Waals surface area (Å²) < 4.78 is 5.46. The molecule has 0 bridgehead atoms. The van der Waals surface area contributed by atoms with E-state index in [0.29, 0.717) is 25.9 Å². The number of esters is 1. The molecule has 6 nitrogen and oxygen atoms in total. The van der Waals surface area contributed by atoms with Gasteiger partial charge < -0.3 is 20.3 Å². The van der Waals surface area contributed by atoms with Crippen LogP contribution >= 0.6 is 0 Å². The lowest BCUT2D eigenvalue weighted by Gasteiger charge is -2.22. The van der Waals surface area contributed by atoms with E-state index in [2.05, 4.69) is 31.3 Å². The standard InChI is InChI=1S/C51H99NO5/c1-3-5-7-9-11-13-15-16-17-18-21-25-29-33-37-41-45-51(56)57-46-42-38-34-30-26-22-19-20-24-28-32-36-40-44-50(55)52-48(47-53)49(54)43-39-35-31-27-23-14-12-10-8-6-4-2/h20,24,48-49,53-54H,3-19,21-23,25-47H2,1-2H3,(H,52,55)/b24-20-. The van der Waals surface area contributed by atoms with Crippen molar-refractivity contribution >= 4 is 11.9 Å². The Morgan fingerprint density at radius 3 is 1.26 bits per heavy atom. The summed E-state index contributed by atoms with van der Waals surface area (Å²) in [7, 11) is 0. The Morgan fingerprint density at radius 2 is 0.825 bits per heavy atom. The van der Waals surface area contributed by atoms with E-state index in [1.54, 1.807) is 0 Å². The molecular weight excluding hydrogens is 707 g/mol. The van der Waals surface area contributed by atoms with Crippen LogP contribution < -0.4 is 5.32 Å². The molecule has 2 atom stereocenters. The van der Waals surface area contributed by atoms with Crippen molar-refractivity contribution in [2.75, 3.05) is 13.2 Å². The van der Waals surface area contributed by atoms with Gasteiger partial charge in [0, 0.05) is 12.8 Å². The number of aliphatic hydroxyl groups excluding tert-OH is 2. The molecule has 0 saturated heterocycles. The molecule has 2 unspecified atom stereocenters. The number of hydrogen-bond acceptors (Lipinski definition) is 5. The summed E-state index contributed by atoms with van der Waals surface area (Å²) in [6.07, 6.45) is 53.2. The fourth-order valence-corrected chi connectivity index (χ4v) is 7.87. The predicted molar refractivity (Wildman–Crippen MR) is 246 cm³/mol.